The van der Waals surface area contributed by atoms with Gasteiger partial charge in [0.15, 0.2) is 0 Å². The number of hydrogen-bond donors (Lipinski definition) is 1. The van der Waals surface area contributed by atoms with Gasteiger partial charge >= 0.3 is 5.97 Å². The van der Waals surface area contributed by atoms with Gasteiger partial charge in [-0.2, -0.15) is 5.10 Å². The van der Waals surface area contributed by atoms with Crippen molar-refractivity contribution in [2.24, 2.45) is 5.92 Å². The lowest BCUT2D eigenvalue weighted by Crippen LogP contribution is -2.37. The molecule has 0 unspecified atom stereocenters. The normalized spacial score (nSPS) is 13.2. The first-order chi connectivity index (χ1) is 11.0. The number of aromatic nitrogens is 3. The molecule has 122 valence electrons. The molecular weight excluding hydrogens is 299 g/mol. The molecule has 0 bridgehead atoms. The van der Waals surface area contributed by atoms with Gasteiger partial charge in [0, 0.05) is 5.56 Å². The standard InChI is InChI=1S/C16H19FN4O2/c1-4-10(2)14(15(22)23-3)20-16-19-13(9-18-21-16)11-5-7-12(17)8-6-11/h5-10,14H,4H2,1-3H3,(H,19,20,21)/t10-,14-/m0/s1. The van der Waals surface area contributed by atoms with Crippen LogP contribution in [0.5, 0.6) is 0 Å². The SMILES string of the molecule is CC[C@H](C)[C@H](Nc1nncc(-c2ccc(F)cc2)n1)C(=O)OC. The Kier molecular flexibility index (Phi) is 5.56. The predicted molar refractivity (Wildman–Crippen MR) is 84.1 cm³/mol. The van der Waals surface area contributed by atoms with Crippen molar-refractivity contribution in [2.45, 2.75) is 26.3 Å². The van der Waals surface area contributed by atoms with Crippen molar-refractivity contribution in [3.8, 4) is 11.3 Å². The van der Waals surface area contributed by atoms with Gasteiger partial charge in [0.2, 0.25) is 5.95 Å². The van der Waals surface area contributed by atoms with Gasteiger partial charge in [0.25, 0.3) is 0 Å². The summed E-state index contributed by atoms with van der Waals surface area (Å²) < 4.78 is 17.8. The third-order valence-corrected chi connectivity index (χ3v) is 3.65. The Morgan fingerprint density at radius 3 is 2.65 bits per heavy atom. The number of halogens is 1. The molecule has 2 atom stereocenters. The molecular formula is C16H19FN4O2. The first-order valence-corrected chi connectivity index (χ1v) is 7.35. The summed E-state index contributed by atoms with van der Waals surface area (Å²) in [6.07, 6.45) is 2.27. The molecule has 0 aliphatic rings. The second-order valence-corrected chi connectivity index (χ2v) is 5.20. The molecule has 0 spiro atoms. The van der Waals surface area contributed by atoms with Gasteiger partial charge in [-0.3, -0.25) is 0 Å². The van der Waals surface area contributed by atoms with E-state index in [0.29, 0.717) is 11.3 Å². The van der Waals surface area contributed by atoms with E-state index in [4.69, 9.17) is 4.74 Å². The number of anilines is 1. The van der Waals surface area contributed by atoms with E-state index in [1.54, 1.807) is 12.1 Å². The minimum atomic E-state index is -0.560. The van der Waals surface area contributed by atoms with E-state index in [1.165, 1.54) is 25.4 Å². The summed E-state index contributed by atoms with van der Waals surface area (Å²) in [7, 11) is 1.34. The molecule has 0 radical (unpaired) electrons. The molecule has 2 rings (SSSR count). The molecule has 1 heterocycles. The molecule has 1 aromatic carbocycles. The van der Waals surface area contributed by atoms with Gasteiger partial charge in [-0.15, -0.1) is 5.10 Å². The molecule has 23 heavy (non-hydrogen) atoms. The zero-order valence-electron chi connectivity index (χ0n) is 13.3. The Balaban J connectivity index is 2.24. The van der Waals surface area contributed by atoms with Crippen molar-refractivity contribution in [3.05, 3.63) is 36.3 Å². The highest BCUT2D eigenvalue weighted by Gasteiger charge is 2.25. The van der Waals surface area contributed by atoms with Crippen LogP contribution in [0.15, 0.2) is 30.5 Å². The highest BCUT2D eigenvalue weighted by molar-refractivity contribution is 5.79. The van der Waals surface area contributed by atoms with Crippen molar-refractivity contribution in [2.75, 3.05) is 12.4 Å². The van der Waals surface area contributed by atoms with Crippen molar-refractivity contribution in [3.63, 3.8) is 0 Å². The van der Waals surface area contributed by atoms with Crippen LogP contribution in [-0.4, -0.2) is 34.3 Å². The lowest BCUT2D eigenvalue weighted by molar-refractivity contribution is -0.142. The zero-order valence-corrected chi connectivity index (χ0v) is 13.3. The number of hydrogen-bond acceptors (Lipinski definition) is 6. The Morgan fingerprint density at radius 1 is 1.35 bits per heavy atom. The summed E-state index contributed by atoms with van der Waals surface area (Å²) in [5, 5.41) is 10.8. The predicted octanol–water partition coefficient (Wildman–Crippen LogP) is 2.68. The van der Waals surface area contributed by atoms with Crippen LogP contribution < -0.4 is 5.32 Å². The molecule has 2 aromatic rings. The van der Waals surface area contributed by atoms with Crippen LogP contribution in [0, 0.1) is 11.7 Å². The first kappa shape index (κ1) is 16.8. The van der Waals surface area contributed by atoms with Crippen molar-refractivity contribution < 1.29 is 13.9 Å². The molecule has 6 nitrogen and oxygen atoms in total. The third kappa shape index (κ3) is 4.21. The zero-order chi connectivity index (χ0) is 16.8. The lowest BCUT2D eigenvalue weighted by Gasteiger charge is -2.21. The van der Waals surface area contributed by atoms with Gasteiger partial charge in [-0.25, -0.2) is 14.2 Å². The molecule has 0 aliphatic carbocycles. The maximum absolute atomic E-state index is 13.0. The largest absolute Gasteiger partial charge is 0.467 e. The maximum Gasteiger partial charge on any atom is 0.328 e. The topological polar surface area (TPSA) is 77.0 Å². The molecule has 1 aromatic heterocycles. The second kappa shape index (κ2) is 7.62. The highest BCUT2D eigenvalue weighted by Crippen LogP contribution is 2.19. The fraction of sp³-hybridized carbons (Fsp3) is 0.375. The minimum Gasteiger partial charge on any atom is -0.467 e. The third-order valence-electron chi connectivity index (χ3n) is 3.65. The first-order valence-electron chi connectivity index (χ1n) is 7.35. The van der Waals surface area contributed by atoms with Crippen LogP contribution >= 0.6 is 0 Å². The number of rotatable bonds is 6. The van der Waals surface area contributed by atoms with Gasteiger partial charge in [-0.05, 0) is 30.2 Å². The maximum atomic E-state index is 13.0. The molecule has 0 saturated carbocycles. The van der Waals surface area contributed by atoms with Crippen LogP contribution in [0.4, 0.5) is 10.3 Å². The van der Waals surface area contributed by atoms with Gasteiger partial charge in [-0.1, -0.05) is 20.3 Å². The van der Waals surface area contributed by atoms with E-state index in [0.717, 1.165) is 6.42 Å². The summed E-state index contributed by atoms with van der Waals surface area (Å²) in [5.41, 5.74) is 1.25. The average molecular weight is 318 g/mol. The van der Waals surface area contributed by atoms with Gasteiger partial charge in [0.1, 0.15) is 11.9 Å². The number of benzene rings is 1. The number of ether oxygens (including phenoxy) is 1. The van der Waals surface area contributed by atoms with Crippen LogP contribution in [0.3, 0.4) is 0 Å². The summed E-state index contributed by atoms with van der Waals surface area (Å²) >= 11 is 0. The molecule has 7 heteroatoms. The Morgan fingerprint density at radius 2 is 2.04 bits per heavy atom. The molecule has 0 aliphatic heterocycles. The van der Waals surface area contributed by atoms with Crippen LogP contribution in [0.25, 0.3) is 11.3 Å². The van der Waals surface area contributed by atoms with Crippen LogP contribution in [0.1, 0.15) is 20.3 Å². The number of esters is 1. The molecule has 0 amide bonds. The summed E-state index contributed by atoms with van der Waals surface area (Å²) in [6.45, 7) is 3.92. The summed E-state index contributed by atoms with van der Waals surface area (Å²) in [4.78, 5) is 16.2. The summed E-state index contributed by atoms with van der Waals surface area (Å²) in [6, 6.07) is 5.35. The number of carbonyl (C=O) groups is 1. The Bertz CT molecular complexity index is 663. The molecule has 0 fully saturated rings. The quantitative estimate of drug-likeness (QED) is 0.825. The van der Waals surface area contributed by atoms with Crippen LogP contribution in [0.2, 0.25) is 0 Å². The molecule has 1 N–H and O–H groups in total. The van der Waals surface area contributed by atoms with Crippen molar-refractivity contribution in [1.82, 2.24) is 15.2 Å². The number of carbonyl (C=O) groups excluding carboxylic acids is 1. The highest BCUT2D eigenvalue weighted by atomic mass is 19.1. The average Bonchev–Trinajstić information content (AvgIpc) is 2.59. The number of nitrogens with one attached hydrogen (secondary N) is 1. The fourth-order valence-corrected chi connectivity index (χ4v) is 2.06. The van der Waals surface area contributed by atoms with E-state index >= 15 is 0 Å². The summed E-state index contributed by atoms with van der Waals surface area (Å²) in [5.74, 6) is -0.435. The Hall–Kier alpha value is -2.57. The van der Waals surface area contributed by atoms with Gasteiger partial charge < -0.3 is 10.1 Å². The van der Waals surface area contributed by atoms with E-state index in [2.05, 4.69) is 20.5 Å². The minimum absolute atomic E-state index is 0.0422. The number of nitrogens with zero attached hydrogens (tertiary/aromatic N) is 3. The lowest BCUT2D eigenvalue weighted by atomic mass is 9.99. The van der Waals surface area contributed by atoms with Gasteiger partial charge in [0.05, 0.1) is 19.0 Å². The Labute approximate surface area is 134 Å². The smallest absolute Gasteiger partial charge is 0.328 e. The van der Waals surface area contributed by atoms with Crippen LogP contribution in [-0.2, 0) is 9.53 Å². The fourth-order valence-electron chi connectivity index (χ4n) is 2.06. The molecule has 0 saturated heterocycles. The van der Waals surface area contributed by atoms with E-state index < -0.39 is 6.04 Å². The van der Waals surface area contributed by atoms with E-state index in [-0.39, 0.29) is 23.7 Å². The van der Waals surface area contributed by atoms with Crippen molar-refractivity contribution >= 4 is 11.9 Å². The van der Waals surface area contributed by atoms with E-state index in [9.17, 15) is 9.18 Å². The van der Waals surface area contributed by atoms with Crippen molar-refractivity contribution in [1.29, 1.82) is 0 Å². The number of methoxy groups -OCH3 is 1. The monoisotopic (exact) mass is 318 g/mol. The van der Waals surface area contributed by atoms with E-state index in [1.807, 2.05) is 13.8 Å². The second-order valence-electron chi connectivity index (χ2n) is 5.20.